The van der Waals surface area contributed by atoms with Gasteiger partial charge in [0, 0.05) is 6.92 Å². The molecule has 0 radical (unpaired) electrons. The number of aromatic carboxylic acids is 2. The molecule has 20 heavy (non-hydrogen) atoms. The lowest BCUT2D eigenvalue weighted by atomic mass is 10.1. The largest absolute Gasteiger partial charge is 0.478 e. The van der Waals surface area contributed by atoms with E-state index in [1.54, 1.807) is 0 Å². The van der Waals surface area contributed by atoms with E-state index in [0.29, 0.717) is 6.61 Å². The minimum absolute atomic E-state index is 0.182. The Morgan fingerprint density at radius 1 is 1.05 bits per heavy atom. The Bertz CT molecular complexity index is 433. The van der Waals surface area contributed by atoms with Crippen LogP contribution in [0.25, 0.3) is 0 Å². The summed E-state index contributed by atoms with van der Waals surface area (Å²) in [5, 5.41) is 17.1. The SMILES string of the molecule is CCCCOC(C)=O.O=C(O)c1ccccc1C(=O)O. The van der Waals surface area contributed by atoms with Crippen molar-refractivity contribution in [2.75, 3.05) is 6.61 Å². The van der Waals surface area contributed by atoms with Crippen molar-refractivity contribution in [3.05, 3.63) is 35.4 Å². The smallest absolute Gasteiger partial charge is 0.336 e. The van der Waals surface area contributed by atoms with Crippen LogP contribution in [0.4, 0.5) is 0 Å². The monoisotopic (exact) mass is 282 g/mol. The van der Waals surface area contributed by atoms with Gasteiger partial charge in [0.1, 0.15) is 0 Å². The normalized spacial score (nSPS) is 9.10. The lowest BCUT2D eigenvalue weighted by Crippen LogP contribution is -2.06. The van der Waals surface area contributed by atoms with Crippen molar-refractivity contribution >= 4 is 17.9 Å². The molecule has 1 rings (SSSR count). The van der Waals surface area contributed by atoms with Gasteiger partial charge in [-0.3, -0.25) is 4.79 Å². The van der Waals surface area contributed by atoms with Gasteiger partial charge in [-0.05, 0) is 18.6 Å². The zero-order valence-corrected chi connectivity index (χ0v) is 11.5. The highest BCUT2D eigenvalue weighted by molar-refractivity contribution is 6.01. The van der Waals surface area contributed by atoms with Crippen molar-refractivity contribution in [3.63, 3.8) is 0 Å². The van der Waals surface area contributed by atoms with E-state index in [0.717, 1.165) is 12.8 Å². The molecule has 6 nitrogen and oxygen atoms in total. The van der Waals surface area contributed by atoms with E-state index < -0.39 is 11.9 Å². The number of carbonyl (C=O) groups excluding carboxylic acids is 1. The molecule has 0 saturated heterocycles. The van der Waals surface area contributed by atoms with Gasteiger partial charge in [0.2, 0.25) is 0 Å². The zero-order chi connectivity index (χ0) is 15.5. The molecule has 0 aliphatic carbocycles. The first-order valence-electron chi connectivity index (χ1n) is 6.09. The standard InChI is InChI=1S/C8H6O4.C6H12O2/c9-7(10)5-3-1-2-4-6(5)8(11)12;1-3-4-5-8-6(2)7/h1-4H,(H,9,10)(H,11,12);3-5H2,1-2H3. The molecule has 0 spiro atoms. The maximum Gasteiger partial charge on any atom is 0.336 e. The van der Waals surface area contributed by atoms with Gasteiger partial charge in [0.15, 0.2) is 0 Å². The van der Waals surface area contributed by atoms with Crippen LogP contribution in [0.3, 0.4) is 0 Å². The molecule has 1 aromatic carbocycles. The van der Waals surface area contributed by atoms with Gasteiger partial charge in [-0.2, -0.15) is 0 Å². The van der Waals surface area contributed by atoms with E-state index in [1.807, 2.05) is 0 Å². The number of carboxylic acid groups (broad SMARTS) is 2. The molecule has 110 valence electrons. The number of unbranched alkanes of at least 4 members (excludes halogenated alkanes) is 1. The highest BCUT2D eigenvalue weighted by atomic mass is 16.5. The molecule has 0 aliphatic rings. The van der Waals surface area contributed by atoms with Crippen LogP contribution in [0.2, 0.25) is 0 Å². The van der Waals surface area contributed by atoms with Gasteiger partial charge >= 0.3 is 17.9 Å². The Labute approximate surface area is 117 Å². The molecular formula is C14H18O6. The fourth-order valence-corrected chi connectivity index (χ4v) is 1.22. The summed E-state index contributed by atoms with van der Waals surface area (Å²) in [6.07, 6.45) is 2.05. The van der Waals surface area contributed by atoms with Gasteiger partial charge in [-0.25, -0.2) is 9.59 Å². The topological polar surface area (TPSA) is 101 Å². The number of hydrogen-bond donors (Lipinski definition) is 2. The van der Waals surface area contributed by atoms with Crippen LogP contribution in [0.1, 0.15) is 47.4 Å². The molecule has 0 aromatic heterocycles. The third kappa shape index (κ3) is 7.15. The second kappa shape index (κ2) is 9.55. The highest BCUT2D eigenvalue weighted by Gasteiger charge is 2.13. The molecule has 0 unspecified atom stereocenters. The first-order chi connectivity index (χ1) is 9.40. The second-order valence-electron chi connectivity index (χ2n) is 3.85. The Morgan fingerprint density at radius 3 is 1.80 bits per heavy atom. The molecule has 6 heteroatoms. The summed E-state index contributed by atoms with van der Waals surface area (Å²) in [4.78, 5) is 31.0. The molecule has 1 aromatic rings. The zero-order valence-electron chi connectivity index (χ0n) is 11.5. The van der Waals surface area contributed by atoms with Crippen LogP contribution in [0.15, 0.2) is 24.3 Å². The van der Waals surface area contributed by atoms with Crippen molar-refractivity contribution in [2.45, 2.75) is 26.7 Å². The van der Waals surface area contributed by atoms with Crippen LogP contribution in [-0.2, 0) is 9.53 Å². The summed E-state index contributed by atoms with van der Waals surface area (Å²) in [6.45, 7) is 4.06. The second-order valence-corrected chi connectivity index (χ2v) is 3.85. The molecule has 0 fully saturated rings. The molecule has 0 heterocycles. The van der Waals surface area contributed by atoms with E-state index in [9.17, 15) is 14.4 Å². The van der Waals surface area contributed by atoms with Gasteiger partial charge in [-0.15, -0.1) is 0 Å². The number of hydrogen-bond acceptors (Lipinski definition) is 4. The molecule has 2 N–H and O–H groups in total. The Balaban J connectivity index is 0.000000396. The van der Waals surface area contributed by atoms with Crippen molar-refractivity contribution in [1.82, 2.24) is 0 Å². The number of rotatable bonds is 5. The number of benzene rings is 1. The van der Waals surface area contributed by atoms with Gasteiger partial charge < -0.3 is 14.9 Å². The van der Waals surface area contributed by atoms with Crippen LogP contribution >= 0.6 is 0 Å². The van der Waals surface area contributed by atoms with E-state index >= 15 is 0 Å². The first-order valence-corrected chi connectivity index (χ1v) is 6.09. The van der Waals surface area contributed by atoms with Crippen molar-refractivity contribution < 1.29 is 29.3 Å². The number of esters is 1. The average Bonchev–Trinajstić information content (AvgIpc) is 2.39. The highest BCUT2D eigenvalue weighted by Crippen LogP contribution is 2.07. The Hall–Kier alpha value is -2.37. The third-order valence-electron chi connectivity index (χ3n) is 2.19. The number of carboxylic acids is 2. The van der Waals surface area contributed by atoms with E-state index in [1.165, 1.54) is 31.2 Å². The van der Waals surface area contributed by atoms with Crippen molar-refractivity contribution in [2.24, 2.45) is 0 Å². The summed E-state index contributed by atoms with van der Waals surface area (Å²) < 4.78 is 4.64. The molecule has 0 saturated carbocycles. The molecular weight excluding hydrogens is 264 g/mol. The van der Waals surface area contributed by atoms with Crippen LogP contribution in [-0.4, -0.2) is 34.7 Å². The quantitative estimate of drug-likeness (QED) is 0.635. The van der Waals surface area contributed by atoms with Crippen LogP contribution < -0.4 is 0 Å². The van der Waals surface area contributed by atoms with Gasteiger partial charge in [0.25, 0.3) is 0 Å². The summed E-state index contributed by atoms with van der Waals surface area (Å²) >= 11 is 0. The molecule has 0 aliphatic heterocycles. The van der Waals surface area contributed by atoms with Gasteiger partial charge in [-0.1, -0.05) is 25.5 Å². The fraction of sp³-hybridized carbons (Fsp3) is 0.357. The average molecular weight is 282 g/mol. The summed E-state index contributed by atoms with van der Waals surface area (Å²) in [6, 6.07) is 5.48. The molecule has 0 bridgehead atoms. The maximum atomic E-state index is 10.5. The van der Waals surface area contributed by atoms with Crippen LogP contribution in [0, 0.1) is 0 Å². The summed E-state index contributed by atoms with van der Waals surface area (Å²) in [7, 11) is 0. The number of ether oxygens (including phenoxy) is 1. The minimum Gasteiger partial charge on any atom is -0.478 e. The van der Waals surface area contributed by atoms with Crippen molar-refractivity contribution in [1.29, 1.82) is 0 Å². The minimum atomic E-state index is -1.23. The molecule has 0 atom stereocenters. The fourth-order valence-electron chi connectivity index (χ4n) is 1.22. The number of carbonyl (C=O) groups is 3. The lowest BCUT2D eigenvalue weighted by Gasteiger charge is -1.98. The summed E-state index contributed by atoms with van der Waals surface area (Å²) in [5.41, 5.74) is -0.380. The van der Waals surface area contributed by atoms with Crippen LogP contribution in [0.5, 0.6) is 0 Å². The van der Waals surface area contributed by atoms with Gasteiger partial charge in [0.05, 0.1) is 17.7 Å². The lowest BCUT2D eigenvalue weighted by molar-refractivity contribution is -0.141. The predicted molar refractivity (Wildman–Crippen MR) is 71.9 cm³/mol. The molecule has 0 amide bonds. The third-order valence-corrected chi connectivity index (χ3v) is 2.19. The van der Waals surface area contributed by atoms with E-state index in [-0.39, 0.29) is 17.1 Å². The Morgan fingerprint density at radius 2 is 1.50 bits per heavy atom. The maximum absolute atomic E-state index is 10.5. The first kappa shape index (κ1) is 17.6. The van der Waals surface area contributed by atoms with Crippen molar-refractivity contribution in [3.8, 4) is 0 Å². The Kier molecular flexibility index (Phi) is 8.41. The predicted octanol–water partition coefficient (Wildman–Crippen LogP) is 2.43. The van der Waals surface area contributed by atoms with E-state index in [2.05, 4.69) is 11.7 Å². The summed E-state index contributed by atoms with van der Waals surface area (Å²) in [5.74, 6) is -2.64. The van der Waals surface area contributed by atoms with E-state index in [4.69, 9.17) is 10.2 Å².